The van der Waals surface area contributed by atoms with Crippen molar-refractivity contribution in [3.63, 3.8) is 0 Å². The number of carbonyl (C=O) groups excluding carboxylic acids is 1. The van der Waals surface area contributed by atoms with Gasteiger partial charge in [-0.1, -0.05) is 41.4 Å². The average Bonchev–Trinajstić information content (AvgIpc) is 2.52. The van der Waals surface area contributed by atoms with E-state index in [1.54, 1.807) is 12.1 Å². The molecule has 0 fully saturated rings. The predicted octanol–water partition coefficient (Wildman–Crippen LogP) is 4.68. The second-order valence-corrected chi connectivity index (χ2v) is 5.59. The van der Waals surface area contributed by atoms with E-state index in [1.807, 2.05) is 30.3 Å². The van der Waals surface area contributed by atoms with Crippen molar-refractivity contribution in [2.45, 2.75) is 19.4 Å². The zero-order valence-electron chi connectivity index (χ0n) is 12.1. The van der Waals surface area contributed by atoms with Crippen molar-refractivity contribution in [2.24, 2.45) is 0 Å². The van der Waals surface area contributed by atoms with Gasteiger partial charge >= 0.3 is 5.97 Å². The summed E-state index contributed by atoms with van der Waals surface area (Å²) in [7, 11) is 1.39. The third kappa shape index (κ3) is 4.93. The number of benzene rings is 2. The summed E-state index contributed by atoms with van der Waals surface area (Å²) in [5.74, 6) is 0.533. The molecule has 0 bridgehead atoms. The van der Waals surface area contributed by atoms with E-state index in [4.69, 9.17) is 27.9 Å². The van der Waals surface area contributed by atoms with Crippen LogP contribution in [0.1, 0.15) is 17.5 Å². The Labute approximate surface area is 139 Å². The summed E-state index contributed by atoms with van der Waals surface area (Å²) in [5.41, 5.74) is 1.93. The van der Waals surface area contributed by atoms with Gasteiger partial charge in [0.15, 0.2) is 0 Å². The van der Waals surface area contributed by atoms with E-state index in [9.17, 15) is 4.79 Å². The van der Waals surface area contributed by atoms with Crippen LogP contribution in [0.2, 0.25) is 10.0 Å². The first-order valence-electron chi connectivity index (χ1n) is 6.81. The molecular formula is C17H16Cl2O3. The van der Waals surface area contributed by atoms with Crippen LogP contribution in [0.15, 0.2) is 42.5 Å². The van der Waals surface area contributed by atoms with Crippen molar-refractivity contribution < 1.29 is 14.3 Å². The summed E-state index contributed by atoms with van der Waals surface area (Å²) in [6, 6.07) is 12.9. The van der Waals surface area contributed by atoms with Crippen LogP contribution >= 0.6 is 23.2 Å². The Morgan fingerprint density at radius 2 is 1.82 bits per heavy atom. The molecule has 2 rings (SSSR count). The van der Waals surface area contributed by atoms with Gasteiger partial charge in [-0.2, -0.15) is 0 Å². The molecule has 0 unspecified atom stereocenters. The second-order valence-electron chi connectivity index (χ2n) is 4.74. The highest BCUT2D eigenvalue weighted by Crippen LogP contribution is 2.23. The Morgan fingerprint density at radius 3 is 2.45 bits per heavy atom. The molecule has 0 aliphatic rings. The molecule has 0 atom stereocenters. The maximum Gasteiger partial charge on any atom is 0.305 e. The number of rotatable bonds is 6. The van der Waals surface area contributed by atoms with E-state index in [-0.39, 0.29) is 5.97 Å². The van der Waals surface area contributed by atoms with Crippen molar-refractivity contribution in [1.29, 1.82) is 0 Å². The monoisotopic (exact) mass is 338 g/mol. The summed E-state index contributed by atoms with van der Waals surface area (Å²) in [6.07, 6.45) is 1.02. The Morgan fingerprint density at radius 1 is 1.09 bits per heavy atom. The molecule has 0 spiro atoms. The highest BCUT2D eigenvalue weighted by molar-refractivity contribution is 6.35. The van der Waals surface area contributed by atoms with Crippen LogP contribution in [0.3, 0.4) is 0 Å². The Bertz CT molecular complexity index is 639. The van der Waals surface area contributed by atoms with E-state index < -0.39 is 0 Å². The largest absolute Gasteiger partial charge is 0.489 e. The van der Waals surface area contributed by atoms with Gasteiger partial charge < -0.3 is 9.47 Å². The fourth-order valence-electron chi connectivity index (χ4n) is 1.90. The quantitative estimate of drug-likeness (QED) is 0.717. The highest BCUT2D eigenvalue weighted by atomic mass is 35.5. The number of methoxy groups -OCH3 is 1. The Kier molecular flexibility index (Phi) is 6.10. The number of halogens is 2. The van der Waals surface area contributed by atoms with Gasteiger partial charge in [0.1, 0.15) is 12.4 Å². The van der Waals surface area contributed by atoms with Gasteiger partial charge in [0.05, 0.1) is 7.11 Å². The molecule has 0 aliphatic heterocycles. The molecule has 0 aromatic heterocycles. The lowest BCUT2D eigenvalue weighted by atomic mass is 10.1. The molecule has 0 saturated carbocycles. The number of carbonyl (C=O) groups is 1. The summed E-state index contributed by atoms with van der Waals surface area (Å²) in [5, 5.41) is 1.19. The lowest BCUT2D eigenvalue weighted by Crippen LogP contribution is -2.02. The average molecular weight is 339 g/mol. The van der Waals surface area contributed by atoms with Gasteiger partial charge in [-0.15, -0.1) is 0 Å². The van der Waals surface area contributed by atoms with E-state index in [1.165, 1.54) is 7.11 Å². The third-order valence-corrected chi connectivity index (χ3v) is 3.77. The number of ether oxygens (including phenoxy) is 2. The normalized spacial score (nSPS) is 10.3. The van der Waals surface area contributed by atoms with E-state index >= 15 is 0 Å². The van der Waals surface area contributed by atoms with E-state index in [0.717, 1.165) is 16.9 Å². The van der Waals surface area contributed by atoms with Gasteiger partial charge in [0.25, 0.3) is 0 Å². The zero-order valence-corrected chi connectivity index (χ0v) is 13.7. The summed E-state index contributed by atoms with van der Waals surface area (Å²) >= 11 is 12.0. The number of esters is 1. The van der Waals surface area contributed by atoms with E-state index in [0.29, 0.717) is 29.5 Å². The smallest absolute Gasteiger partial charge is 0.305 e. The van der Waals surface area contributed by atoms with Crippen LogP contribution < -0.4 is 4.74 Å². The third-order valence-electron chi connectivity index (χ3n) is 3.18. The van der Waals surface area contributed by atoms with E-state index in [2.05, 4.69) is 4.74 Å². The minimum atomic E-state index is -0.210. The number of hydrogen-bond acceptors (Lipinski definition) is 3. The van der Waals surface area contributed by atoms with Crippen LogP contribution in [-0.2, 0) is 22.6 Å². The molecule has 0 aliphatic carbocycles. The SMILES string of the molecule is COC(=O)CCc1ccc(OCc2ccc(Cl)cc2Cl)cc1. The van der Waals surface area contributed by atoms with Gasteiger partial charge in [0.2, 0.25) is 0 Å². The van der Waals surface area contributed by atoms with Gasteiger partial charge in [-0.05, 0) is 36.2 Å². The number of aryl methyl sites for hydroxylation is 1. The molecular weight excluding hydrogens is 323 g/mol. The van der Waals surface area contributed by atoms with Crippen molar-refractivity contribution in [3.8, 4) is 5.75 Å². The Balaban J connectivity index is 1.89. The van der Waals surface area contributed by atoms with Crippen LogP contribution in [0.4, 0.5) is 0 Å². The Hall–Kier alpha value is -1.71. The topological polar surface area (TPSA) is 35.5 Å². The number of hydrogen-bond donors (Lipinski definition) is 0. The lowest BCUT2D eigenvalue weighted by Gasteiger charge is -2.09. The predicted molar refractivity (Wildman–Crippen MR) is 87.6 cm³/mol. The summed E-state index contributed by atoms with van der Waals surface area (Å²) in [4.78, 5) is 11.1. The molecule has 2 aromatic carbocycles. The molecule has 0 heterocycles. The maximum atomic E-state index is 11.1. The molecule has 5 heteroatoms. The maximum absolute atomic E-state index is 11.1. The van der Waals surface area contributed by atoms with Crippen LogP contribution in [0.5, 0.6) is 5.75 Å². The first-order chi connectivity index (χ1) is 10.6. The first kappa shape index (κ1) is 16.7. The zero-order chi connectivity index (χ0) is 15.9. The minimum absolute atomic E-state index is 0.210. The fraction of sp³-hybridized carbons (Fsp3) is 0.235. The second kappa shape index (κ2) is 8.06. The highest BCUT2D eigenvalue weighted by Gasteiger charge is 2.04. The first-order valence-corrected chi connectivity index (χ1v) is 7.56. The van der Waals surface area contributed by atoms with Crippen molar-refractivity contribution >= 4 is 29.2 Å². The molecule has 116 valence electrons. The van der Waals surface area contributed by atoms with Gasteiger partial charge in [-0.3, -0.25) is 4.79 Å². The minimum Gasteiger partial charge on any atom is -0.489 e. The molecule has 3 nitrogen and oxygen atoms in total. The lowest BCUT2D eigenvalue weighted by molar-refractivity contribution is -0.140. The fourth-order valence-corrected chi connectivity index (χ4v) is 2.36. The van der Waals surface area contributed by atoms with Crippen molar-refractivity contribution in [3.05, 3.63) is 63.6 Å². The molecule has 0 amide bonds. The van der Waals surface area contributed by atoms with Crippen molar-refractivity contribution in [1.82, 2.24) is 0 Å². The molecule has 22 heavy (non-hydrogen) atoms. The van der Waals surface area contributed by atoms with Gasteiger partial charge in [0, 0.05) is 22.0 Å². The molecule has 0 saturated heterocycles. The van der Waals surface area contributed by atoms with Crippen molar-refractivity contribution in [2.75, 3.05) is 7.11 Å². The molecule has 0 N–H and O–H groups in total. The van der Waals surface area contributed by atoms with Gasteiger partial charge in [-0.25, -0.2) is 0 Å². The van der Waals surface area contributed by atoms with Crippen LogP contribution in [-0.4, -0.2) is 13.1 Å². The molecule has 2 aromatic rings. The summed E-state index contributed by atoms with van der Waals surface area (Å²) < 4.78 is 10.3. The summed E-state index contributed by atoms with van der Waals surface area (Å²) in [6.45, 7) is 0.373. The van der Waals surface area contributed by atoms with Crippen LogP contribution in [0.25, 0.3) is 0 Å². The standard InChI is InChI=1S/C17H16Cl2O3/c1-21-17(20)9-4-12-2-7-15(8-3-12)22-11-13-5-6-14(18)10-16(13)19/h2-3,5-8,10H,4,9,11H2,1H3. The van der Waals surface area contributed by atoms with Crippen LogP contribution in [0, 0.1) is 0 Å². The molecule has 0 radical (unpaired) electrons.